The van der Waals surface area contributed by atoms with Crippen LogP contribution < -0.4 is 0 Å². The molecule has 8 aromatic rings. The SMILES string of the molecule is Brc1c2ccccc2c(-c2nc3ccccc3c3c2ccc2c4ccccc4oc23)c2ccccc12. The van der Waals surface area contributed by atoms with E-state index in [2.05, 4.69) is 113 Å². The van der Waals surface area contributed by atoms with Crippen LogP contribution in [0.15, 0.2) is 118 Å². The van der Waals surface area contributed by atoms with Crippen LogP contribution in [-0.2, 0) is 0 Å². The van der Waals surface area contributed by atoms with Gasteiger partial charge in [-0.3, -0.25) is 0 Å². The van der Waals surface area contributed by atoms with Crippen molar-refractivity contribution in [3.05, 3.63) is 114 Å². The second-order valence-corrected chi connectivity index (χ2v) is 10.0. The maximum Gasteiger partial charge on any atom is 0.144 e. The summed E-state index contributed by atoms with van der Waals surface area (Å²) >= 11 is 3.90. The Morgan fingerprint density at radius 1 is 0.500 bits per heavy atom. The lowest BCUT2D eigenvalue weighted by atomic mass is 9.91. The monoisotopic (exact) mass is 523 g/mol. The summed E-state index contributed by atoms with van der Waals surface area (Å²) in [6.45, 7) is 0. The number of nitrogens with zero attached hydrogens (tertiary/aromatic N) is 1. The van der Waals surface area contributed by atoms with Crippen LogP contribution in [0, 0.1) is 0 Å². The molecule has 0 saturated heterocycles. The van der Waals surface area contributed by atoms with Crippen LogP contribution in [0.1, 0.15) is 0 Å². The number of pyridine rings is 1. The Kier molecular flexibility index (Phi) is 4.11. The first kappa shape index (κ1) is 20.0. The first-order valence-electron chi connectivity index (χ1n) is 12.0. The fourth-order valence-electron chi connectivity index (χ4n) is 5.74. The minimum atomic E-state index is 0.905. The van der Waals surface area contributed by atoms with Crippen molar-refractivity contribution in [1.82, 2.24) is 4.98 Å². The fourth-order valence-corrected chi connectivity index (χ4v) is 6.43. The molecule has 3 heteroatoms. The van der Waals surface area contributed by atoms with E-state index in [1.54, 1.807) is 0 Å². The fraction of sp³-hybridized carbons (Fsp3) is 0. The zero-order chi connectivity index (χ0) is 23.8. The Morgan fingerprint density at radius 2 is 1.06 bits per heavy atom. The van der Waals surface area contributed by atoms with Crippen LogP contribution in [0.5, 0.6) is 0 Å². The highest BCUT2D eigenvalue weighted by Gasteiger charge is 2.21. The molecule has 0 spiro atoms. The highest BCUT2D eigenvalue weighted by atomic mass is 79.9. The van der Waals surface area contributed by atoms with E-state index in [-0.39, 0.29) is 0 Å². The van der Waals surface area contributed by atoms with E-state index in [1.807, 2.05) is 12.1 Å². The van der Waals surface area contributed by atoms with Crippen LogP contribution in [-0.4, -0.2) is 4.98 Å². The third-order valence-corrected chi connectivity index (χ3v) is 8.16. The number of aromatic nitrogens is 1. The van der Waals surface area contributed by atoms with E-state index in [0.29, 0.717) is 0 Å². The highest BCUT2D eigenvalue weighted by molar-refractivity contribution is 9.10. The largest absolute Gasteiger partial charge is 0.455 e. The predicted octanol–water partition coefficient (Wildman–Crippen LogP) is 10.0. The average Bonchev–Trinajstić information content (AvgIpc) is 3.32. The van der Waals surface area contributed by atoms with E-state index < -0.39 is 0 Å². The zero-order valence-corrected chi connectivity index (χ0v) is 20.7. The molecular weight excluding hydrogens is 506 g/mol. The van der Waals surface area contributed by atoms with Crippen molar-refractivity contribution in [2.24, 2.45) is 0 Å². The van der Waals surface area contributed by atoms with Crippen molar-refractivity contribution in [3.8, 4) is 11.3 Å². The Balaban J connectivity index is 1.65. The molecule has 6 aromatic carbocycles. The first-order chi connectivity index (χ1) is 17.8. The van der Waals surface area contributed by atoms with Gasteiger partial charge in [-0.25, -0.2) is 4.98 Å². The van der Waals surface area contributed by atoms with Gasteiger partial charge < -0.3 is 4.42 Å². The molecule has 0 saturated carbocycles. The predicted molar refractivity (Wildman–Crippen MR) is 155 cm³/mol. The number of hydrogen-bond donors (Lipinski definition) is 0. The molecule has 0 bridgehead atoms. The summed E-state index contributed by atoms with van der Waals surface area (Å²) in [5, 5.41) is 10.3. The average molecular weight is 524 g/mol. The summed E-state index contributed by atoms with van der Waals surface area (Å²) in [5.74, 6) is 0. The van der Waals surface area contributed by atoms with Gasteiger partial charge in [0.2, 0.25) is 0 Å². The van der Waals surface area contributed by atoms with Crippen LogP contribution in [0.3, 0.4) is 0 Å². The molecule has 0 N–H and O–H groups in total. The molecule has 0 aliphatic carbocycles. The normalized spacial score (nSPS) is 12.0. The van der Waals surface area contributed by atoms with Crippen molar-refractivity contribution in [2.75, 3.05) is 0 Å². The third kappa shape index (κ3) is 2.64. The second kappa shape index (κ2) is 7.39. The summed E-state index contributed by atoms with van der Waals surface area (Å²) in [7, 11) is 0. The molecule has 0 radical (unpaired) electrons. The molecule has 0 amide bonds. The maximum atomic E-state index is 6.52. The van der Waals surface area contributed by atoms with E-state index in [4.69, 9.17) is 9.40 Å². The molecule has 0 unspecified atom stereocenters. The lowest BCUT2D eigenvalue weighted by Crippen LogP contribution is -1.93. The summed E-state index contributed by atoms with van der Waals surface area (Å²) in [5.41, 5.74) is 4.91. The van der Waals surface area contributed by atoms with Gasteiger partial charge in [-0.05, 0) is 55.7 Å². The van der Waals surface area contributed by atoms with Gasteiger partial charge in [-0.15, -0.1) is 0 Å². The second-order valence-electron chi connectivity index (χ2n) is 9.22. The number of benzene rings is 6. The molecule has 2 heterocycles. The lowest BCUT2D eigenvalue weighted by molar-refractivity contribution is 0.673. The standard InChI is InChI=1S/C33H18BrNO/c34-31-22-12-3-1-10-20(22)29(21-11-2-4-13-23(21)31)32-26-18-17-24-19-9-6-8-16-28(19)36-33(24)30(26)25-14-5-7-15-27(25)35-32/h1-18H. The van der Waals surface area contributed by atoms with Crippen LogP contribution in [0.4, 0.5) is 0 Å². The number of para-hydroxylation sites is 2. The van der Waals surface area contributed by atoms with E-state index >= 15 is 0 Å². The van der Waals surface area contributed by atoms with Gasteiger partial charge >= 0.3 is 0 Å². The number of hydrogen-bond acceptors (Lipinski definition) is 2. The molecular formula is C33H18BrNO. The minimum Gasteiger partial charge on any atom is -0.455 e. The summed E-state index contributed by atoms with van der Waals surface area (Å²) in [6, 6.07) is 38.2. The van der Waals surface area contributed by atoms with Crippen molar-refractivity contribution >= 4 is 81.1 Å². The summed E-state index contributed by atoms with van der Waals surface area (Å²) in [6.07, 6.45) is 0. The zero-order valence-electron chi connectivity index (χ0n) is 19.1. The van der Waals surface area contributed by atoms with Crippen molar-refractivity contribution in [2.45, 2.75) is 0 Å². The van der Waals surface area contributed by atoms with Crippen LogP contribution >= 0.6 is 15.9 Å². The van der Waals surface area contributed by atoms with E-state index in [0.717, 1.165) is 59.3 Å². The Bertz CT molecular complexity index is 2120. The van der Waals surface area contributed by atoms with Gasteiger partial charge in [-0.1, -0.05) is 91.0 Å². The molecule has 0 aliphatic heterocycles. The van der Waals surface area contributed by atoms with Crippen LogP contribution in [0.25, 0.3) is 76.4 Å². The molecule has 2 aromatic heterocycles. The topological polar surface area (TPSA) is 26.0 Å². The number of fused-ring (bicyclic) bond motifs is 9. The summed E-state index contributed by atoms with van der Waals surface area (Å²) < 4.78 is 7.64. The molecule has 0 fully saturated rings. The van der Waals surface area contributed by atoms with E-state index in [9.17, 15) is 0 Å². The van der Waals surface area contributed by atoms with Gasteiger partial charge in [0.05, 0.1) is 11.2 Å². The minimum absolute atomic E-state index is 0.905. The molecule has 0 atom stereocenters. The molecule has 0 aliphatic rings. The maximum absolute atomic E-state index is 6.52. The van der Waals surface area contributed by atoms with Gasteiger partial charge in [0, 0.05) is 37.0 Å². The van der Waals surface area contributed by atoms with Crippen LogP contribution in [0.2, 0.25) is 0 Å². The van der Waals surface area contributed by atoms with Gasteiger partial charge in [0.25, 0.3) is 0 Å². The molecule has 2 nitrogen and oxygen atoms in total. The Hall–Kier alpha value is -4.21. The highest BCUT2D eigenvalue weighted by Crippen LogP contribution is 2.46. The van der Waals surface area contributed by atoms with Gasteiger partial charge in [-0.2, -0.15) is 0 Å². The summed E-state index contributed by atoms with van der Waals surface area (Å²) in [4.78, 5) is 5.31. The molecule has 168 valence electrons. The molecule has 36 heavy (non-hydrogen) atoms. The third-order valence-electron chi connectivity index (χ3n) is 7.31. The van der Waals surface area contributed by atoms with Crippen molar-refractivity contribution in [3.63, 3.8) is 0 Å². The first-order valence-corrected chi connectivity index (χ1v) is 12.8. The quantitative estimate of drug-likeness (QED) is 0.158. The molecule has 8 rings (SSSR count). The number of rotatable bonds is 1. The Labute approximate surface area is 214 Å². The van der Waals surface area contributed by atoms with Gasteiger partial charge in [0.1, 0.15) is 11.2 Å². The Morgan fingerprint density at radius 3 is 1.78 bits per heavy atom. The number of furan rings is 1. The van der Waals surface area contributed by atoms with Gasteiger partial charge in [0.15, 0.2) is 0 Å². The van der Waals surface area contributed by atoms with Crippen molar-refractivity contribution < 1.29 is 4.42 Å². The van der Waals surface area contributed by atoms with Crippen molar-refractivity contribution in [1.29, 1.82) is 0 Å². The smallest absolute Gasteiger partial charge is 0.144 e. The van der Waals surface area contributed by atoms with E-state index in [1.165, 1.54) is 21.5 Å². The number of halogens is 1. The lowest BCUT2D eigenvalue weighted by Gasteiger charge is -2.16.